The minimum Gasteiger partial charge on any atom is -0.493 e. The van der Waals surface area contributed by atoms with Gasteiger partial charge in [-0.25, -0.2) is 4.98 Å². The van der Waals surface area contributed by atoms with Crippen LogP contribution in [0.2, 0.25) is 0 Å². The van der Waals surface area contributed by atoms with Crippen LogP contribution in [0, 0.1) is 0 Å². The summed E-state index contributed by atoms with van der Waals surface area (Å²) in [6, 6.07) is 13.7. The van der Waals surface area contributed by atoms with Crippen molar-refractivity contribution in [3.8, 4) is 17.2 Å². The summed E-state index contributed by atoms with van der Waals surface area (Å²) in [5.74, 6) is 1.37. The second-order valence-corrected chi connectivity index (χ2v) is 6.44. The average molecular weight is 363 g/mol. The summed E-state index contributed by atoms with van der Waals surface area (Å²) in [5.41, 5.74) is 3.75. The lowest BCUT2D eigenvalue weighted by Gasteiger charge is -2.29. The molecule has 3 aromatic rings. The zero-order valence-corrected chi connectivity index (χ0v) is 15.4. The maximum atomic E-state index is 13.2. The second-order valence-electron chi connectivity index (χ2n) is 6.44. The molecule has 27 heavy (non-hydrogen) atoms. The highest BCUT2D eigenvalue weighted by atomic mass is 16.5. The Morgan fingerprint density at radius 2 is 1.74 bits per heavy atom. The first kappa shape index (κ1) is 17.1. The number of imidazole rings is 1. The number of carbonyl (C=O) groups is 1. The fourth-order valence-electron chi connectivity index (χ4n) is 3.47. The van der Waals surface area contributed by atoms with E-state index < -0.39 is 0 Å². The van der Waals surface area contributed by atoms with Gasteiger partial charge in [-0.15, -0.1) is 0 Å². The van der Waals surface area contributed by atoms with Crippen molar-refractivity contribution in [3.63, 3.8) is 0 Å². The molecular weight excluding hydrogens is 342 g/mol. The van der Waals surface area contributed by atoms with E-state index in [0.717, 1.165) is 23.4 Å². The molecule has 0 unspecified atom stereocenters. The largest absolute Gasteiger partial charge is 0.493 e. The first-order chi connectivity index (χ1) is 13.2. The monoisotopic (exact) mass is 363 g/mol. The standard InChI is InChI=1S/C21H21N3O3/c1-26-19-10-15-8-9-23(13-16(15)11-20(19)27-2)21(25)18-12-22-14-24(18)17-6-4-3-5-7-17/h3-7,10-12,14H,8-9,13H2,1-2H3. The Labute approximate surface area is 158 Å². The van der Waals surface area contributed by atoms with Gasteiger partial charge < -0.3 is 14.4 Å². The highest BCUT2D eigenvalue weighted by Crippen LogP contribution is 2.33. The molecule has 0 radical (unpaired) electrons. The van der Waals surface area contributed by atoms with Crippen molar-refractivity contribution in [1.82, 2.24) is 14.5 Å². The van der Waals surface area contributed by atoms with Crippen molar-refractivity contribution in [2.75, 3.05) is 20.8 Å². The number of hydrogen-bond donors (Lipinski definition) is 0. The normalized spacial score (nSPS) is 13.2. The molecule has 2 heterocycles. The lowest BCUT2D eigenvalue weighted by atomic mass is 9.98. The maximum absolute atomic E-state index is 13.2. The van der Waals surface area contributed by atoms with Gasteiger partial charge in [0.25, 0.3) is 5.91 Å². The number of ether oxygens (including phenoxy) is 2. The molecule has 0 bridgehead atoms. The third-order valence-corrected chi connectivity index (χ3v) is 4.90. The van der Waals surface area contributed by atoms with Crippen LogP contribution < -0.4 is 9.47 Å². The van der Waals surface area contributed by atoms with Crippen LogP contribution in [-0.4, -0.2) is 41.1 Å². The van der Waals surface area contributed by atoms with Crippen LogP contribution in [0.1, 0.15) is 21.6 Å². The molecule has 0 spiro atoms. The third kappa shape index (κ3) is 3.14. The first-order valence-electron chi connectivity index (χ1n) is 8.82. The van der Waals surface area contributed by atoms with Gasteiger partial charge in [-0.1, -0.05) is 18.2 Å². The predicted octanol–water partition coefficient (Wildman–Crippen LogP) is 3.09. The van der Waals surface area contributed by atoms with E-state index in [9.17, 15) is 4.79 Å². The van der Waals surface area contributed by atoms with E-state index in [4.69, 9.17) is 9.47 Å². The van der Waals surface area contributed by atoms with Crippen LogP contribution in [0.5, 0.6) is 11.5 Å². The van der Waals surface area contributed by atoms with Crippen molar-refractivity contribution in [1.29, 1.82) is 0 Å². The van der Waals surface area contributed by atoms with Gasteiger partial charge in [0.1, 0.15) is 5.69 Å². The predicted molar refractivity (Wildman–Crippen MR) is 102 cm³/mol. The summed E-state index contributed by atoms with van der Waals surface area (Å²) in [5, 5.41) is 0. The molecule has 1 amide bonds. The molecule has 1 aliphatic rings. The summed E-state index contributed by atoms with van der Waals surface area (Å²) >= 11 is 0. The van der Waals surface area contributed by atoms with Crippen molar-refractivity contribution in [2.45, 2.75) is 13.0 Å². The fourth-order valence-corrected chi connectivity index (χ4v) is 3.47. The zero-order valence-electron chi connectivity index (χ0n) is 15.4. The molecule has 0 saturated carbocycles. The number of methoxy groups -OCH3 is 2. The molecule has 0 fully saturated rings. The van der Waals surface area contributed by atoms with Crippen LogP contribution >= 0.6 is 0 Å². The van der Waals surface area contributed by atoms with Crippen LogP contribution in [0.3, 0.4) is 0 Å². The highest BCUT2D eigenvalue weighted by Gasteiger charge is 2.25. The van der Waals surface area contributed by atoms with Gasteiger partial charge in [0.2, 0.25) is 0 Å². The van der Waals surface area contributed by atoms with E-state index in [1.807, 2.05) is 51.9 Å². The van der Waals surface area contributed by atoms with Crippen LogP contribution in [0.4, 0.5) is 0 Å². The lowest BCUT2D eigenvalue weighted by molar-refractivity contribution is 0.0726. The van der Waals surface area contributed by atoms with Crippen molar-refractivity contribution >= 4 is 5.91 Å². The minimum atomic E-state index is -0.0308. The Bertz CT molecular complexity index is 966. The number of carbonyl (C=O) groups excluding carboxylic acids is 1. The number of aromatic nitrogens is 2. The molecule has 1 aliphatic heterocycles. The van der Waals surface area contributed by atoms with Crippen molar-refractivity contribution in [2.24, 2.45) is 0 Å². The summed E-state index contributed by atoms with van der Waals surface area (Å²) in [6.45, 7) is 1.19. The number of fused-ring (bicyclic) bond motifs is 1. The summed E-state index contributed by atoms with van der Waals surface area (Å²) in [6.07, 6.45) is 4.08. The molecule has 0 aliphatic carbocycles. The zero-order chi connectivity index (χ0) is 18.8. The lowest BCUT2D eigenvalue weighted by Crippen LogP contribution is -2.36. The molecule has 138 valence electrons. The molecule has 1 aromatic heterocycles. The van der Waals surface area contributed by atoms with Crippen molar-refractivity contribution < 1.29 is 14.3 Å². The van der Waals surface area contributed by atoms with Gasteiger partial charge in [0, 0.05) is 18.8 Å². The molecule has 0 N–H and O–H groups in total. The Kier molecular flexibility index (Phi) is 4.54. The number of para-hydroxylation sites is 1. The maximum Gasteiger partial charge on any atom is 0.272 e. The second kappa shape index (κ2) is 7.15. The average Bonchev–Trinajstić information content (AvgIpc) is 3.22. The Balaban J connectivity index is 1.62. The minimum absolute atomic E-state index is 0.0308. The van der Waals surface area contributed by atoms with Gasteiger partial charge in [0.05, 0.1) is 26.7 Å². The highest BCUT2D eigenvalue weighted by molar-refractivity contribution is 5.93. The van der Waals surface area contributed by atoms with Gasteiger partial charge in [-0.3, -0.25) is 9.36 Å². The van der Waals surface area contributed by atoms with E-state index in [1.165, 1.54) is 5.56 Å². The van der Waals surface area contributed by atoms with Gasteiger partial charge in [-0.05, 0) is 41.8 Å². The molecule has 0 atom stereocenters. The quantitative estimate of drug-likeness (QED) is 0.715. The van der Waals surface area contributed by atoms with Gasteiger partial charge >= 0.3 is 0 Å². The summed E-state index contributed by atoms with van der Waals surface area (Å²) < 4.78 is 12.6. The van der Waals surface area contributed by atoms with Crippen molar-refractivity contribution in [3.05, 3.63) is 71.8 Å². The number of rotatable bonds is 4. The molecule has 4 rings (SSSR count). The Morgan fingerprint density at radius 1 is 1.04 bits per heavy atom. The van der Waals surface area contributed by atoms with E-state index in [2.05, 4.69) is 4.98 Å². The van der Waals surface area contributed by atoms with E-state index in [0.29, 0.717) is 24.5 Å². The fraction of sp³-hybridized carbons (Fsp3) is 0.238. The number of hydrogen-bond acceptors (Lipinski definition) is 4. The van der Waals surface area contributed by atoms with Crippen LogP contribution in [-0.2, 0) is 13.0 Å². The van der Waals surface area contributed by atoms with E-state index in [-0.39, 0.29) is 5.91 Å². The Hall–Kier alpha value is -3.28. The van der Waals surface area contributed by atoms with Gasteiger partial charge in [-0.2, -0.15) is 0 Å². The van der Waals surface area contributed by atoms with E-state index in [1.54, 1.807) is 26.7 Å². The molecule has 0 saturated heterocycles. The van der Waals surface area contributed by atoms with E-state index >= 15 is 0 Å². The van der Waals surface area contributed by atoms with Crippen LogP contribution in [0.15, 0.2) is 55.0 Å². The van der Waals surface area contributed by atoms with Crippen LogP contribution in [0.25, 0.3) is 5.69 Å². The molecule has 6 heteroatoms. The first-order valence-corrected chi connectivity index (χ1v) is 8.82. The SMILES string of the molecule is COc1cc2c(cc1OC)CN(C(=O)c1cncn1-c1ccccc1)CC2. The molecule has 2 aromatic carbocycles. The molecular formula is C21H21N3O3. The summed E-state index contributed by atoms with van der Waals surface area (Å²) in [7, 11) is 3.25. The topological polar surface area (TPSA) is 56.6 Å². The molecule has 6 nitrogen and oxygen atoms in total. The van der Waals surface area contributed by atoms with Gasteiger partial charge in [0.15, 0.2) is 11.5 Å². The Morgan fingerprint density at radius 3 is 2.44 bits per heavy atom. The third-order valence-electron chi connectivity index (χ3n) is 4.90. The number of amides is 1. The number of nitrogens with zero attached hydrogens (tertiary/aromatic N) is 3. The smallest absolute Gasteiger partial charge is 0.272 e. The summed E-state index contributed by atoms with van der Waals surface area (Å²) in [4.78, 5) is 19.2. The number of benzene rings is 2.